The highest BCUT2D eigenvalue weighted by molar-refractivity contribution is 5.94. The molecule has 138 valence electrons. The van der Waals surface area contributed by atoms with Gasteiger partial charge in [-0.25, -0.2) is 15.0 Å². The topological polar surface area (TPSA) is 94.5 Å². The zero-order chi connectivity index (χ0) is 18.4. The van der Waals surface area contributed by atoms with Crippen LogP contribution in [0.1, 0.15) is 23.7 Å². The second-order valence-electron chi connectivity index (χ2n) is 6.34. The number of nitrogens with zero attached hydrogens (tertiary/aromatic N) is 5. The zero-order valence-electron chi connectivity index (χ0n) is 14.9. The van der Waals surface area contributed by atoms with Crippen LogP contribution in [-0.2, 0) is 0 Å². The SMILES string of the molecule is CC(O)CNc1ccc(C(=O)N2CCCN(c3ncccn3)CC2)cn1. The summed E-state index contributed by atoms with van der Waals surface area (Å²) in [6.07, 6.45) is 5.46. The maximum Gasteiger partial charge on any atom is 0.255 e. The number of aliphatic hydroxyl groups excluding tert-OH is 1. The van der Waals surface area contributed by atoms with Gasteiger partial charge < -0.3 is 20.2 Å². The summed E-state index contributed by atoms with van der Waals surface area (Å²) in [6, 6.07) is 5.32. The fraction of sp³-hybridized carbons (Fsp3) is 0.444. The molecule has 26 heavy (non-hydrogen) atoms. The molecule has 1 amide bonds. The first-order valence-electron chi connectivity index (χ1n) is 8.83. The van der Waals surface area contributed by atoms with Crippen molar-refractivity contribution in [3.05, 3.63) is 42.4 Å². The molecule has 1 fully saturated rings. The molecule has 2 N–H and O–H groups in total. The minimum atomic E-state index is -0.452. The first kappa shape index (κ1) is 18.1. The summed E-state index contributed by atoms with van der Waals surface area (Å²) in [5.74, 6) is 1.33. The van der Waals surface area contributed by atoms with Gasteiger partial charge in [0.15, 0.2) is 0 Å². The number of pyridine rings is 1. The molecule has 3 rings (SSSR count). The molecule has 1 saturated heterocycles. The van der Waals surface area contributed by atoms with Gasteiger partial charge in [-0.3, -0.25) is 4.79 Å². The van der Waals surface area contributed by atoms with Crippen molar-refractivity contribution in [3.8, 4) is 0 Å². The Morgan fingerprint density at radius 3 is 2.69 bits per heavy atom. The zero-order valence-corrected chi connectivity index (χ0v) is 14.9. The van der Waals surface area contributed by atoms with Crippen molar-refractivity contribution < 1.29 is 9.90 Å². The summed E-state index contributed by atoms with van der Waals surface area (Å²) in [5, 5.41) is 12.3. The third-order valence-corrected chi connectivity index (χ3v) is 4.21. The van der Waals surface area contributed by atoms with Crippen molar-refractivity contribution in [2.24, 2.45) is 0 Å². The Hall–Kier alpha value is -2.74. The molecule has 1 unspecified atom stereocenters. The molecule has 0 bridgehead atoms. The molecule has 0 aromatic carbocycles. The van der Waals surface area contributed by atoms with E-state index in [2.05, 4.69) is 25.2 Å². The molecule has 8 heteroatoms. The molecule has 0 radical (unpaired) electrons. The molecule has 2 aromatic rings. The van der Waals surface area contributed by atoms with Gasteiger partial charge in [0.05, 0.1) is 11.7 Å². The number of hydrogen-bond donors (Lipinski definition) is 2. The predicted octanol–water partition coefficient (Wildman–Crippen LogP) is 1.02. The van der Waals surface area contributed by atoms with E-state index >= 15 is 0 Å². The third kappa shape index (κ3) is 4.66. The van der Waals surface area contributed by atoms with E-state index in [1.165, 1.54) is 0 Å². The van der Waals surface area contributed by atoms with Crippen molar-refractivity contribution in [1.29, 1.82) is 0 Å². The van der Waals surface area contributed by atoms with Crippen LogP contribution < -0.4 is 10.2 Å². The minimum absolute atomic E-state index is 0.0181. The second kappa shape index (κ2) is 8.57. The van der Waals surface area contributed by atoms with E-state index in [9.17, 15) is 9.90 Å². The number of aromatic nitrogens is 3. The highest BCUT2D eigenvalue weighted by Crippen LogP contribution is 2.13. The number of rotatable bonds is 5. The Morgan fingerprint density at radius 1 is 1.19 bits per heavy atom. The second-order valence-corrected chi connectivity index (χ2v) is 6.34. The molecule has 1 atom stereocenters. The molecule has 0 saturated carbocycles. The van der Waals surface area contributed by atoms with Crippen molar-refractivity contribution in [3.63, 3.8) is 0 Å². The number of anilines is 2. The highest BCUT2D eigenvalue weighted by Gasteiger charge is 2.21. The van der Waals surface area contributed by atoms with Crippen LogP contribution in [0.3, 0.4) is 0 Å². The monoisotopic (exact) mass is 356 g/mol. The first-order chi connectivity index (χ1) is 12.6. The lowest BCUT2D eigenvalue weighted by Crippen LogP contribution is -2.35. The maximum atomic E-state index is 12.7. The summed E-state index contributed by atoms with van der Waals surface area (Å²) < 4.78 is 0. The Bertz CT molecular complexity index is 707. The van der Waals surface area contributed by atoms with Crippen LogP contribution in [0.15, 0.2) is 36.8 Å². The van der Waals surface area contributed by atoms with Gasteiger partial charge in [-0.05, 0) is 31.5 Å². The number of aliphatic hydroxyl groups is 1. The van der Waals surface area contributed by atoms with Crippen LogP contribution in [0.5, 0.6) is 0 Å². The quantitative estimate of drug-likeness (QED) is 0.826. The first-order valence-corrected chi connectivity index (χ1v) is 8.83. The Balaban J connectivity index is 1.59. The van der Waals surface area contributed by atoms with E-state index in [1.807, 2.05) is 4.90 Å². The standard InChI is InChI=1S/C18H24N6O2/c1-14(25)12-21-16-5-4-15(13-22-16)17(26)23-8-3-9-24(11-10-23)18-19-6-2-7-20-18/h2,4-7,13-14,25H,3,8-12H2,1H3,(H,21,22). The van der Waals surface area contributed by atoms with Gasteiger partial charge in [0.1, 0.15) is 5.82 Å². The van der Waals surface area contributed by atoms with E-state index in [1.54, 1.807) is 43.7 Å². The number of hydrogen-bond acceptors (Lipinski definition) is 7. The van der Waals surface area contributed by atoms with Gasteiger partial charge in [-0.1, -0.05) is 0 Å². The van der Waals surface area contributed by atoms with Crippen molar-refractivity contribution in [2.75, 3.05) is 42.9 Å². The molecule has 0 aliphatic carbocycles. The smallest absolute Gasteiger partial charge is 0.255 e. The molecule has 1 aliphatic rings. The lowest BCUT2D eigenvalue weighted by atomic mass is 10.2. The van der Waals surface area contributed by atoms with Gasteiger partial charge in [0.25, 0.3) is 5.91 Å². The lowest BCUT2D eigenvalue weighted by Gasteiger charge is -2.22. The molecule has 8 nitrogen and oxygen atoms in total. The highest BCUT2D eigenvalue weighted by atomic mass is 16.3. The van der Waals surface area contributed by atoms with E-state index in [0.29, 0.717) is 43.5 Å². The largest absolute Gasteiger partial charge is 0.392 e. The van der Waals surface area contributed by atoms with Crippen LogP contribution in [-0.4, -0.2) is 69.7 Å². The number of nitrogens with one attached hydrogen (secondary N) is 1. The van der Waals surface area contributed by atoms with Crippen LogP contribution in [0.25, 0.3) is 0 Å². The van der Waals surface area contributed by atoms with Crippen molar-refractivity contribution in [2.45, 2.75) is 19.4 Å². The summed E-state index contributed by atoms with van der Waals surface area (Å²) in [6.45, 7) is 4.98. The van der Waals surface area contributed by atoms with Gasteiger partial charge in [-0.15, -0.1) is 0 Å². The molecular weight excluding hydrogens is 332 g/mol. The predicted molar refractivity (Wildman–Crippen MR) is 99.2 cm³/mol. The number of carbonyl (C=O) groups is 1. The molecule has 1 aliphatic heterocycles. The van der Waals surface area contributed by atoms with E-state index in [0.717, 1.165) is 13.0 Å². The van der Waals surface area contributed by atoms with Crippen LogP contribution >= 0.6 is 0 Å². The average Bonchev–Trinajstić information content (AvgIpc) is 2.93. The Kier molecular flexibility index (Phi) is 5.96. The van der Waals surface area contributed by atoms with Crippen LogP contribution in [0.4, 0.5) is 11.8 Å². The maximum absolute atomic E-state index is 12.7. The van der Waals surface area contributed by atoms with Gasteiger partial charge in [0, 0.05) is 51.3 Å². The third-order valence-electron chi connectivity index (χ3n) is 4.21. The average molecular weight is 356 g/mol. The van der Waals surface area contributed by atoms with Crippen LogP contribution in [0, 0.1) is 0 Å². The van der Waals surface area contributed by atoms with Crippen molar-refractivity contribution in [1.82, 2.24) is 19.9 Å². The molecule has 2 aromatic heterocycles. The summed E-state index contributed by atoms with van der Waals surface area (Å²) in [4.78, 5) is 29.5. The lowest BCUT2D eigenvalue weighted by molar-refractivity contribution is 0.0766. The number of amides is 1. The van der Waals surface area contributed by atoms with E-state index in [4.69, 9.17) is 0 Å². The fourth-order valence-corrected chi connectivity index (χ4v) is 2.83. The Morgan fingerprint density at radius 2 is 2.00 bits per heavy atom. The summed E-state index contributed by atoms with van der Waals surface area (Å²) >= 11 is 0. The number of carbonyl (C=O) groups excluding carboxylic acids is 1. The van der Waals surface area contributed by atoms with Crippen molar-refractivity contribution >= 4 is 17.7 Å². The molecular formula is C18H24N6O2. The van der Waals surface area contributed by atoms with Crippen LogP contribution in [0.2, 0.25) is 0 Å². The normalized spacial score (nSPS) is 16.1. The summed E-state index contributed by atoms with van der Waals surface area (Å²) in [5.41, 5.74) is 0.567. The van der Waals surface area contributed by atoms with Gasteiger partial charge >= 0.3 is 0 Å². The Labute approximate surface area is 152 Å². The van der Waals surface area contributed by atoms with Gasteiger partial charge in [0.2, 0.25) is 5.95 Å². The van der Waals surface area contributed by atoms with E-state index in [-0.39, 0.29) is 5.91 Å². The molecule has 0 spiro atoms. The van der Waals surface area contributed by atoms with Gasteiger partial charge in [-0.2, -0.15) is 0 Å². The fourth-order valence-electron chi connectivity index (χ4n) is 2.83. The van der Waals surface area contributed by atoms with E-state index < -0.39 is 6.10 Å². The molecule has 3 heterocycles. The minimum Gasteiger partial charge on any atom is -0.392 e. The summed E-state index contributed by atoms with van der Waals surface area (Å²) in [7, 11) is 0.